The molecule has 2 aromatic rings. The monoisotopic (exact) mass is 369 g/mol. The van der Waals surface area contributed by atoms with Crippen molar-refractivity contribution in [1.29, 1.82) is 0 Å². The Balaban J connectivity index is 2.01. The predicted octanol–water partition coefficient (Wildman–Crippen LogP) is 3.74. The highest BCUT2D eigenvalue weighted by molar-refractivity contribution is 5.35. The molecule has 0 amide bonds. The number of ether oxygens (including phenoxy) is 1. The van der Waals surface area contributed by atoms with Crippen molar-refractivity contribution in [2.45, 2.75) is 31.8 Å². The predicted molar refractivity (Wildman–Crippen MR) is 108 cm³/mol. The molecule has 0 saturated carbocycles. The van der Waals surface area contributed by atoms with Gasteiger partial charge in [-0.05, 0) is 35.6 Å². The molecular formula is C23H31NO3. The molecule has 1 aliphatic rings. The van der Waals surface area contributed by atoms with Crippen molar-refractivity contribution in [3.63, 3.8) is 0 Å². The number of phenols is 1. The van der Waals surface area contributed by atoms with Gasteiger partial charge >= 0.3 is 0 Å². The van der Waals surface area contributed by atoms with Gasteiger partial charge in [-0.2, -0.15) is 0 Å². The van der Waals surface area contributed by atoms with Crippen LogP contribution in [0, 0.1) is 5.92 Å². The Kier molecular flexibility index (Phi) is 6.53. The van der Waals surface area contributed by atoms with Crippen molar-refractivity contribution < 1.29 is 14.9 Å². The van der Waals surface area contributed by atoms with Crippen LogP contribution in [-0.4, -0.2) is 48.0 Å². The quantitative estimate of drug-likeness (QED) is 0.781. The number of rotatable bonds is 7. The molecule has 0 radical (unpaired) electrons. The fourth-order valence-electron chi connectivity index (χ4n) is 4.09. The summed E-state index contributed by atoms with van der Waals surface area (Å²) < 4.78 is 5.50. The normalized spacial score (nSPS) is 19.0. The van der Waals surface area contributed by atoms with Crippen LogP contribution in [0.1, 0.15) is 37.3 Å². The van der Waals surface area contributed by atoms with E-state index in [1.54, 1.807) is 12.1 Å². The van der Waals surface area contributed by atoms with E-state index in [-0.39, 0.29) is 11.7 Å². The molecule has 0 aromatic heterocycles. The Hall–Kier alpha value is -1.88. The van der Waals surface area contributed by atoms with Crippen LogP contribution in [0.2, 0.25) is 0 Å². The molecule has 0 bridgehead atoms. The van der Waals surface area contributed by atoms with Gasteiger partial charge in [0.25, 0.3) is 0 Å². The van der Waals surface area contributed by atoms with E-state index in [9.17, 15) is 10.2 Å². The van der Waals surface area contributed by atoms with Crippen molar-refractivity contribution in [3.8, 4) is 5.75 Å². The van der Waals surface area contributed by atoms with Gasteiger partial charge in [-0.15, -0.1) is 0 Å². The fourth-order valence-corrected chi connectivity index (χ4v) is 4.09. The summed E-state index contributed by atoms with van der Waals surface area (Å²) in [5.41, 5.74) is 0.984. The summed E-state index contributed by atoms with van der Waals surface area (Å²) in [6.07, 6.45) is 0.654. The topological polar surface area (TPSA) is 52.9 Å². The SMILES string of the molecule is CC(C)C[C@@](O)(c1ccc(O)cc1)[C@H](CN1CCOCC1)c1ccccc1. The minimum absolute atomic E-state index is 0.0660. The third-order valence-electron chi connectivity index (χ3n) is 5.41. The Labute approximate surface area is 162 Å². The molecule has 4 heteroatoms. The Morgan fingerprint density at radius 2 is 1.63 bits per heavy atom. The maximum Gasteiger partial charge on any atom is 0.115 e. The van der Waals surface area contributed by atoms with Gasteiger partial charge in [-0.25, -0.2) is 0 Å². The molecule has 0 spiro atoms. The molecule has 2 aromatic carbocycles. The number of hydrogen-bond acceptors (Lipinski definition) is 4. The number of nitrogens with zero attached hydrogens (tertiary/aromatic N) is 1. The van der Waals surface area contributed by atoms with E-state index in [0.29, 0.717) is 12.3 Å². The molecule has 1 heterocycles. The van der Waals surface area contributed by atoms with Crippen LogP contribution in [0.15, 0.2) is 54.6 Å². The van der Waals surface area contributed by atoms with Crippen molar-refractivity contribution >= 4 is 0 Å². The second kappa shape index (κ2) is 8.87. The molecule has 2 atom stereocenters. The van der Waals surface area contributed by atoms with Crippen LogP contribution in [0.3, 0.4) is 0 Å². The molecule has 2 N–H and O–H groups in total. The maximum absolute atomic E-state index is 12.0. The van der Waals surface area contributed by atoms with Gasteiger partial charge in [-0.1, -0.05) is 56.3 Å². The molecule has 3 rings (SSSR count). The van der Waals surface area contributed by atoms with Gasteiger partial charge in [-0.3, -0.25) is 4.90 Å². The minimum atomic E-state index is -1.01. The average molecular weight is 370 g/mol. The Morgan fingerprint density at radius 3 is 2.22 bits per heavy atom. The lowest BCUT2D eigenvalue weighted by Gasteiger charge is -2.41. The Morgan fingerprint density at radius 1 is 1.00 bits per heavy atom. The van der Waals surface area contributed by atoms with Crippen molar-refractivity contribution in [3.05, 3.63) is 65.7 Å². The van der Waals surface area contributed by atoms with Crippen molar-refractivity contribution in [2.75, 3.05) is 32.8 Å². The third-order valence-corrected chi connectivity index (χ3v) is 5.41. The molecule has 146 valence electrons. The van der Waals surface area contributed by atoms with Crippen LogP contribution in [0.4, 0.5) is 0 Å². The summed E-state index contributed by atoms with van der Waals surface area (Å²) in [5, 5.41) is 21.8. The average Bonchev–Trinajstić information content (AvgIpc) is 2.67. The van der Waals surface area contributed by atoms with E-state index in [0.717, 1.165) is 44.0 Å². The van der Waals surface area contributed by atoms with Crippen LogP contribution in [-0.2, 0) is 10.3 Å². The summed E-state index contributed by atoms with van der Waals surface area (Å²) >= 11 is 0. The van der Waals surface area contributed by atoms with Gasteiger partial charge in [0.1, 0.15) is 5.75 Å². The largest absolute Gasteiger partial charge is 0.508 e. The van der Waals surface area contributed by atoms with Crippen LogP contribution in [0.5, 0.6) is 5.75 Å². The molecular weight excluding hydrogens is 338 g/mol. The maximum atomic E-state index is 12.0. The van der Waals surface area contributed by atoms with E-state index < -0.39 is 5.60 Å². The number of benzene rings is 2. The number of aromatic hydroxyl groups is 1. The highest BCUT2D eigenvalue weighted by Gasteiger charge is 2.41. The highest BCUT2D eigenvalue weighted by Crippen LogP contribution is 2.42. The van der Waals surface area contributed by atoms with Gasteiger partial charge in [0.15, 0.2) is 0 Å². The lowest BCUT2D eigenvalue weighted by Crippen LogP contribution is -2.45. The van der Waals surface area contributed by atoms with Gasteiger partial charge in [0.05, 0.1) is 18.8 Å². The molecule has 0 aliphatic carbocycles. The number of morpholine rings is 1. The first-order valence-electron chi connectivity index (χ1n) is 9.86. The third kappa shape index (κ3) is 4.89. The minimum Gasteiger partial charge on any atom is -0.508 e. The number of hydrogen-bond donors (Lipinski definition) is 2. The lowest BCUT2D eigenvalue weighted by atomic mass is 9.72. The lowest BCUT2D eigenvalue weighted by molar-refractivity contribution is -0.0356. The van der Waals surface area contributed by atoms with Gasteiger partial charge in [0.2, 0.25) is 0 Å². The summed E-state index contributed by atoms with van der Waals surface area (Å²) in [4.78, 5) is 2.38. The van der Waals surface area contributed by atoms with Crippen LogP contribution < -0.4 is 0 Å². The first kappa shape index (κ1) is 19.9. The van der Waals surface area contributed by atoms with Crippen LogP contribution in [0.25, 0.3) is 0 Å². The fraction of sp³-hybridized carbons (Fsp3) is 0.478. The zero-order valence-corrected chi connectivity index (χ0v) is 16.3. The van der Waals surface area contributed by atoms with Gasteiger partial charge in [0, 0.05) is 25.6 Å². The summed E-state index contributed by atoms with van der Waals surface area (Å²) in [7, 11) is 0. The van der Waals surface area contributed by atoms with E-state index in [1.807, 2.05) is 30.3 Å². The van der Waals surface area contributed by atoms with E-state index in [1.165, 1.54) is 0 Å². The molecule has 27 heavy (non-hydrogen) atoms. The van der Waals surface area contributed by atoms with E-state index >= 15 is 0 Å². The second-order valence-corrected chi connectivity index (χ2v) is 7.95. The molecule has 0 unspecified atom stereocenters. The Bertz CT molecular complexity index is 695. The molecule has 4 nitrogen and oxygen atoms in total. The highest BCUT2D eigenvalue weighted by atomic mass is 16.5. The molecule has 1 aliphatic heterocycles. The van der Waals surface area contributed by atoms with Crippen LogP contribution >= 0.6 is 0 Å². The second-order valence-electron chi connectivity index (χ2n) is 7.95. The first-order chi connectivity index (χ1) is 13.0. The summed E-state index contributed by atoms with van der Waals surface area (Å²) in [6.45, 7) is 8.31. The van der Waals surface area contributed by atoms with Crippen molar-refractivity contribution in [1.82, 2.24) is 4.90 Å². The van der Waals surface area contributed by atoms with Crippen molar-refractivity contribution in [2.24, 2.45) is 5.92 Å². The van der Waals surface area contributed by atoms with E-state index in [2.05, 4.69) is 30.9 Å². The zero-order valence-electron chi connectivity index (χ0n) is 16.3. The summed E-state index contributed by atoms with van der Waals surface area (Å²) in [5.74, 6) is 0.485. The molecule has 1 fully saturated rings. The number of aliphatic hydroxyl groups is 1. The zero-order chi connectivity index (χ0) is 19.3. The van der Waals surface area contributed by atoms with Gasteiger partial charge < -0.3 is 14.9 Å². The number of phenolic OH excluding ortho intramolecular Hbond substituents is 1. The standard InChI is InChI=1S/C23H31NO3/c1-18(2)16-23(26,20-8-10-21(25)11-9-20)22(19-6-4-3-5-7-19)17-24-12-14-27-15-13-24/h3-11,18,22,25-26H,12-17H2,1-2H3/t22-,23-/m1/s1. The smallest absolute Gasteiger partial charge is 0.115 e. The van der Waals surface area contributed by atoms with E-state index in [4.69, 9.17) is 4.74 Å². The first-order valence-corrected chi connectivity index (χ1v) is 9.86. The summed E-state index contributed by atoms with van der Waals surface area (Å²) in [6, 6.07) is 17.3. The molecule has 1 saturated heterocycles.